The van der Waals surface area contributed by atoms with Gasteiger partial charge in [-0.1, -0.05) is 13.1 Å². The Morgan fingerprint density at radius 2 is 1.86 bits per heavy atom. The zero-order chi connectivity index (χ0) is 19.9. The van der Waals surface area contributed by atoms with Gasteiger partial charge in [-0.05, 0) is 48.5 Å². The minimum Gasteiger partial charge on any atom is -0.457 e. The normalized spacial score (nSPS) is 11.0. The second kappa shape index (κ2) is 9.40. The van der Waals surface area contributed by atoms with Crippen molar-refractivity contribution >= 4 is 20.2 Å². The van der Waals surface area contributed by atoms with E-state index in [0.717, 1.165) is 17.9 Å². The summed E-state index contributed by atoms with van der Waals surface area (Å²) in [6, 6.07) is 15.9. The Morgan fingerprint density at radius 1 is 1.11 bits per heavy atom. The number of nitrogens with zero attached hydrogens (tertiary/aromatic N) is 2. The monoisotopic (exact) mass is 398 g/mol. The Labute approximate surface area is 166 Å². The van der Waals surface area contributed by atoms with Crippen molar-refractivity contribution in [1.29, 1.82) is 0 Å². The fraction of sp³-hybridized carbons (Fsp3) is 0.250. The van der Waals surface area contributed by atoms with Gasteiger partial charge in [0.05, 0.1) is 17.1 Å². The van der Waals surface area contributed by atoms with Gasteiger partial charge in [-0.2, -0.15) is 5.10 Å². The molecule has 3 aromatic rings. The van der Waals surface area contributed by atoms with Crippen molar-refractivity contribution in [3.05, 3.63) is 54.7 Å². The van der Waals surface area contributed by atoms with Crippen LogP contribution in [0, 0.1) is 0 Å². The highest BCUT2D eigenvalue weighted by Crippen LogP contribution is 2.29. The molecule has 4 N–H and O–H groups in total. The zero-order valence-electron chi connectivity index (χ0n) is 16.1. The van der Waals surface area contributed by atoms with Gasteiger partial charge in [-0.15, -0.1) is 0 Å². The predicted octanol–water partition coefficient (Wildman–Crippen LogP) is 4.19. The second-order valence-electron chi connectivity index (χ2n) is 6.92. The summed E-state index contributed by atoms with van der Waals surface area (Å²) in [5, 5.41) is 13.3. The summed E-state index contributed by atoms with van der Waals surface area (Å²) in [6.45, 7) is 5.87. The van der Waals surface area contributed by atoms with E-state index in [-0.39, 0.29) is 0 Å². The third kappa shape index (κ3) is 5.13. The first-order valence-electron chi connectivity index (χ1n) is 9.24. The second-order valence-corrected chi connectivity index (χ2v) is 10.3. The van der Waals surface area contributed by atoms with Crippen LogP contribution >= 0.6 is 0 Å². The molecule has 0 spiro atoms. The van der Waals surface area contributed by atoms with E-state index >= 15 is 0 Å². The summed E-state index contributed by atoms with van der Waals surface area (Å²) in [5.74, 6) is 1.29. The van der Waals surface area contributed by atoms with Gasteiger partial charge in [-0.3, -0.25) is 10.7 Å². The van der Waals surface area contributed by atoms with E-state index in [0.29, 0.717) is 29.6 Å². The molecule has 3 rings (SSSR count). The van der Waals surface area contributed by atoms with Crippen molar-refractivity contribution in [2.24, 2.45) is 0 Å². The Bertz CT molecular complexity index is 897. The number of rotatable bonds is 9. The number of hydrogen-bond acceptors (Lipinski definition) is 6. The quantitative estimate of drug-likeness (QED) is 0.217. The summed E-state index contributed by atoms with van der Waals surface area (Å²) in [5.41, 5.74) is 10.7. The number of nitrogens with two attached hydrogens (primary N) is 1. The zero-order valence-corrected chi connectivity index (χ0v) is 17.3. The average molecular weight is 399 g/mol. The molecule has 28 heavy (non-hydrogen) atoms. The highest BCUT2D eigenvalue weighted by atomic mass is 28.3. The topological polar surface area (TPSA) is 94.6 Å². The summed E-state index contributed by atoms with van der Waals surface area (Å²) in [6.07, 6.45) is 1.78. The molecule has 0 radical (unpaired) electrons. The van der Waals surface area contributed by atoms with Gasteiger partial charge < -0.3 is 15.2 Å². The van der Waals surface area contributed by atoms with Crippen molar-refractivity contribution in [3.8, 4) is 22.8 Å². The molecule has 1 heterocycles. The van der Waals surface area contributed by atoms with Gasteiger partial charge in [0.25, 0.3) is 0 Å². The molecule has 0 atom stereocenters. The maximum Gasteiger partial charge on any atom is 0.139 e. The number of anilines is 2. The Morgan fingerprint density at radius 3 is 2.54 bits per heavy atom. The molecule has 0 unspecified atom stereocenters. The SMILES string of the molecule is C[SiH](C)CCOCn1nccc1-c1ccc(Oc2ccc(NO)c(N)c2)cc1. The number of aromatic nitrogens is 2. The summed E-state index contributed by atoms with van der Waals surface area (Å²) in [7, 11) is -0.589. The highest BCUT2D eigenvalue weighted by Gasteiger charge is 2.07. The molecule has 2 aromatic carbocycles. The molecule has 0 fully saturated rings. The van der Waals surface area contributed by atoms with Crippen molar-refractivity contribution in [2.75, 3.05) is 17.8 Å². The highest BCUT2D eigenvalue weighted by molar-refractivity contribution is 6.55. The van der Waals surface area contributed by atoms with E-state index in [1.165, 1.54) is 6.04 Å². The Balaban J connectivity index is 1.65. The molecule has 0 saturated carbocycles. The number of ether oxygens (including phenoxy) is 2. The van der Waals surface area contributed by atoms with E-state index in [1.54, 1.807) is 24.4 Å². The van der Waals surface area contributed by atoms with Crippen molar-refractivity contribution in [3.63, 3.8) is 0 Å². The van der Waals surface area contributed by atoms with Crippen molar-refractivity contribution < 1.29 is 14.7 Å². The van der Waals surface area contributed by atoms with Gasteiger partial charge in [0.15, 0.2) is 0 Å². The molecule has 0 bridgehead atoms. The lowest BCUT2D eigenvalue weighted by Gasteiger charge is -2.11. The predicted molar refractivity (Wildman–Crippen MR) is 114 cm³/mol. The first-order chi connectivity index (χ1) is 13.6. The molecule has 0 saturated heterocycles. The number of nitrogens with one attached hydrogen (secondary N) is 1. The molecule has 0 aliphatic rings. The number of nitrogen functional groups attached to an aromatic ring is 1. The third-order valence-electron chi connectivity index (χ3n) is 4.30. The number of hydrogen-bond donors (Lipinski definition) is 3. The van der Waals surface area contributed by atoms with Gasteiger partial charge in [0.2, 0.25) is 0 Å². The van der Waals surface area contributed by atoms with Crippen LogP contribution in [0.2, 0.25) is 19.1 Å². The van der Waals surface area contributed by atoms with E-state index < -0.39 is 8.80 Å². The lowest BCUT2D eigenvalue weighted by atomic mass is 10.1. The fourth-order valence-corrected chi connectivity index (χ4v) is 3.32. The van der Waals surface area contributed by atoms with Crippen LogP contribution in [-0.4, -0.2) is 30.4 Å². The standard InChI is InChI=1S/C20H26N4O3Si/c1-28(2)12-11-26-14-24-20(9-10-22-24)15-3-5-16(6-4-15)27-17-7-8-19(23-25)18(21)13-17/h3-10,13,23,25,28H,11-12,14,21H2,1-2H3. The Hall–Kier alpha value is -2.81. The minimum atomic E-state index is -0.589. The van der Waals surface area contributed by atoms with Crippen LogP contribution in [0.25, 0.3) is 11.3 Å². The van der Waals surface area contributed by atoms with Gasteiger partial charge in [0.1, 0.15) is 18.2 Å². The van der Waals surface area contributed by atoms with E-state index in [9.17, 15) is 0 Å². The van der Waals surface area contributed by atoms with Crippen LogP contribution in [0.15, 0.2) is 54.7 Å². The lowest BCUT2D eigenvalue weighted by Crippen LogP contribution is -2.10. The van der Waals surface area contributed by atoms with Crippen molar-refractivity contribution in [2.45, 2.75) is 25.9 Å². The minimum absolute atomic E-state index is 0.403. The van der Waals surface area contributed by atoms with E-state index in [1.807, 2.05) is 40.5 Å². The van der Waals surface area contributed by atoms with Crippen molar-refractivity contribution in [1.82, 2.24) is 9.78 Å². The lowest BCUT2D eigenvalue weighted by molar-refractivity contribution is 0.0801. The van der Waals surface area contributed by atoms with E-state index in [2.05, 4.69) is 18.2 Å². The Kier molecular flexibility index (Phi) is 6.69. The maximum absolute atomic E-state index is 8.95. The summed E-state index contributed by atoms with van der Waals surface area (Å²) >= 11 is 0. The molecule has 0 amide bonds. The van der Waals surface area contributed by atoms with Crippen LogP contribution in [0.1, 0.15) is 0 Å². The molecule has 8 heteroatoms. The largest absolute Gasteiger partial charge is 0.457 e. The van der Waals surface area contributed by atoms with Crippen LogP contribution in [0.5, 0.6) is 11.5 Å². The van der Waals surface area contributed by atoms with Crippen LogP contribution in [0.3, 0.4) is 0 Å². The summed E-state index contributed by atoms with van der Waals surface area (Å²) < 4.78 is 13.5. The molecular formula is C20H26N4O3Si. The average Bonchev–Trinajstić information content (AvgIpc) is 3.14. The molecule has 0 aliphatic carbocycles. The smallest absolute Gasteiger partial charge is 0.139 e. The van der Waals surface area contributed by atoms with Gasteiger partial charge in [-0.25, -0.2) is 4.68 Å². The fourth-order valence-electron chi connectivity index (χ4n) is 2.69. The van der Waals surface area contributed by atoms with Gasteiger partial charge in [0, 0.05) is 33.2 Å². The molecule has 1 aromatic heterocycles. The first kappa shape index (κ1) is 19.9. The van der Waals surface area contributed by atoms with Crippen LogP contribution < -0.4 is 16.0 Å². The molecule has 0 aliphatic heterocycles. The van der Waals surface area contributed by atoms with Crippen LogP contribution in [0.4, 0.5) is 11.4 Å². The summed E-state index contributed by atoms with van der Waals surface area (Å²) in [4.78, 5) is 0. The first-order valence-corrected chi connectivity index (χ1v) is 12.4. The molecule has 148 valence electrons. The third-order valence-corrected chi connectivity index (χ3v) is 5.69. The van der Waals surface area contributed by atoms with Gasteiger partial charge >= 0.3 is 0 Å². The molecule has 7 nitrogen and oxygen atoms in total. The number of benzene rings is 2. The van der Waals surface area contributed by atoms with E-state index in [4.69, 9.17) is 20.4 Å². The molecular weight excluding hydrogens is 372 g/mol. The maximum atomic E-state index is 8.95. The van der Waals surface area contributed by atoms with Crippen LogP contribution in [-0.2, 0) is 11.5 Å².